The van der Waals surface area contributed by atoms with Gasteiger partial charge in [-0.2, -0.15) is 9.29 Å². The van der Waals surface area contributed by atoms with Gasteiger partial charge in [0, 0.05) is 37.9 Å². The zero-order valence-electron chi connectivity index (χ0n) is 16.5. The van der Waals surface area contributed by atoms with Crippen LogP contribution in [0.3, 0.4) is 0 Å². The average Bonchev–Trinajstić information content (AvgIpc) is 3.35. The molecule has 1 aliphatic heterocycles. The SMILES string of the molecule is Cc1noc(C)c1S(=O)(=O)N1CCC(C(=O)NCCc2noc(C3CC3)n2)CC1. The number of sulfonamides is 1. The summed E-state index contributed by atoms with van der Waals surface area (Å²) in [7, 11) is -3.66. The summed E-state index contributed by atoms with van der Waals surface area (Å²) in [6.45, 7) is 4.21. The number of nitrogens with one attached hydrogen (secondary N) is 1. The molecule has 4 rings (SSSR count). The lowest BCUT2D eigenvalue weighted by atomic mass is 9.97. The zero-order valence-corrected chi connectivity index (χ0v) is 17.4. The summed E-state index contributed by atoms with van der Waals surface area (Å²) < 4.78 is 37.3. The van der Waals surface area contributed by atoms with E-state index in [1.165, 1.54) is 4.31 Å². The maximum Gasteiger partial charge on any atom is 0.248 e. The second kappa shape index (κ2) is 7.86. The van der Waals surface area contributed by atoms with Gasteiger partial charge >= 0.3 is 0 Å². The van der Waals surface area contributed by atoms with Crippen molar-refractivity contribution in [1.82, 2.24) is 24.9 Å². The molecule has 0 radical (unpaired) electrons. The highest BCUT2D eigenvalue weighted by Gasteiger charge is 2.35. The molecule has 0 atom stereocenters. The van der Waals surface area contributed by atoms with Gasteiger partial charge in [0.1, 0.15) is 10.6 Å². The lowest BCUT2D eigenvalue weighted by Gasteiger charge is -2.30. The van der Waals surface area contributed by atoms with Gasteiger partial charge in [0.2, 0.25) is 21.8 Å². The van der Waals surface area contributed by atoms with Crippen LogP contribution < -0.4 is 5.32 Å². The van der Waals surface area contributed by atoms with Crippen LogP contribution in [0.15, 0.2) is 13.9 Å². The Labute approximate surface area is 169 Å². The Kier molecular flexibility index (Phi) is 5.43. The number of hydrogen-bond donors (Lipinski definition) is 1. The number of piperidine rings is 1. The molecule has 11 heteroatoms. The molecule has 29 heavy (non-hydrogen) atoms. The van der Waals surface area contributed by atoms with Crippen LogP contribution in [0, 0.1) is 19.8 Å². The van der Waals surface area contributed by atoms with Crippen LogP contribution in [0.4, 0.5) is 0 Å². The molecule has 0 aromatic carbocycles. The first-order valence-corrected chi connectivity index (χ1v) is 11.3. The third kappa shape index (κ3) is 4.20. The second-order valence-corrected chi connectivity index (χ2v) is 9.57. The van der Waals surface area contributed by atoms with Crippen molar-refractivity contribution >= 4 is 15.9 Å². The molecule has 0 bridgehead atoms. The summed E-state index contributed by atoms with van der Waals surface area (Å²) in [5.41, 5.74) is 0.355. The van der Waals surface area contributed by atoms with Gasteiger partial charge in [-0.1, -0.05) is 10.3 Å². The lowest BCUT2D eigenvalue weighted by molar-refractivity contribution is -0.126. The van der Waals surface area contributed by atoms with E-state index in [1.807, 2.05) is 0 Å². The molecule has 2 aliphatic rings. The first-order valence-electron chi connectivity index (χ1n) is 9.89. The molecule has 1 aliphatic carbocycles. The number of amides is 1. The predicted molar refractivity (Wildman–Crippen MR) is 100 cm³/mol. The van der Waals surface area contributed by atoms with E-state index in [9.17, 15) is 13.2 Å². The normalized spacial score (nSPS) is 18.8. The number of aromatic nitrogens is 3. The fraction of sp³-hybridized carbons (Fsp3) is 0.667. The number of rotatable bonds is 7. The van der Waals surface area contributed by atoms with E-state index in [1.54, 1.807) is 13.8 Å². The van der Waals surface area contributed by atoms with E-state index in [-0.39, 0.29) is 22.5 Å². The van der Waals surface area contributed by atoms with E-state index < -0.39 is 10.0 Å². The van der Waals surface area contributed by atoms with Crippen molar-refractivity contribution in [3.63, 3.8) is 0 Å². The maximum atomic E-state index is 12.9. The summed E-state index contributed by atoms with van der Waals surface area (Å²) in [5, 5.41) is 10.6. The summed E-state index contributed by atoms with van der Waals surface area (Å²) in [4.78, 5) is 16.9. The monoisotopic (exact) mass is 423 g/mol. The van der Waals surface area contributed by atoms with Crippen LogP contribution in [0.25, 0.3) is 0 Å². The Bertz CT molecular complexity index is 967. The molecule has 2 aromatic heterocycles. The molecule has 2 aromatic rings. The fourth-order valence-corrected chi connectivity index (χ4v) is 5.40. The van der Waals surface area contributed by atoms with E-state index in [4.69, 9.17) is 9.05 Å². The molecule has 3 heterocycles. The molecular formula is C18H25N5O5S. The molecule has 1 N–H and O–H groups in total. The van der Waals surface area contributed by atoms with Gasteiger partial charge in [-0.25, -0.2) is 8.42 Å². The summed E-state index contributed by atoms with van der Waals surface area (Å²) >= 11 is 0. The van der Waals surface area contributed by atoms with E-state index in [0.717, 1.165) is 12.8 Å². The van der Waals surface area contributed by atoms with E-state index in [2.05, 4.69) is 20.6 Å². The summed E-state index contributed by atoms with van der Waals surface area (Å²) in [6.07, 6.45) is 3.66. The Morgan fingerprint density at radius 3 is 2.48 bits per heavy atom. The Balaban J connectivity index is 1.26. The molecule has 0 unspecified atom stereocenters. The minimum Gasteiger partial charge on any atom is -0.360 e. The van der Waals surface area contributed by atoms with Gasteiger partial charge in [0.05, 0.1) is 0 Å². The maximum absolute atomic E-state index is 12.9. The lowest BCUT2D eigenvalue weighted by Crippen LogP contribution is -2.43. The first kappa shape index (κ1) is 20.0. The highest BCUT2D eigenvalue weighted by Crippen LogP contribution is 2.38. The quantitative estimate of drug-likeness (QED) is 0.705. The van der Waals surface area contributed by atoms with Crippen LogP contribution in [0.5, 0.6) is 0 Å². The largest absolute Gasteiger partial charge is 0.360 e. The minimum absolute atomic E-state index is 0.0645. The van der Waals surface area contributed by atoms with Crippen molar-refractivity contribution in [2.24, 2.45) is 5.92 Å². The molecule has 1 amide bonds. The highest BCUT2D eigenvalue weighted by molar-refractivity contribution is 7.89. The zero-order chi connectivity index (χ0) is 20.6. The van der Waals surface area contributed by atoms with Crippen LogP contribution in [0.1, 0.15) is 54.8 Å². The van der Waals surface area contributed by atoms with Crippen molar-refractivity contribution < 1.29 is 22.3 Å². The highest BCUT2D eigenvalue weighted by atomic mass is 32.2. The van der Waals surface area contributed by atoms with Crippen molar-refractivity contribution in [3.8, 4) is 0 Å². The van der Waals surface area contributed by atoms with Gasteiger partial charge in [-0.05, 0) is 39.5 Å². The van der Waals surface area contributed by atoms with Crippen LogP contribution in [0.2, 0.25) is 0 Å². The van der Waals surface area contributed by atoms with E-state index in [0.29, 0.717) is 62.2 Å². The smallest absolute Gasteiger partial charge is 0.248 e. The number of carbonyl (C=O) groups is 1. The van der Waals surface area contributed by atoms with Crippen molar-refractivity contribution in [2.75, 3.05) is 19.6 Å². The molecule has 1 saturated carbocycles. The molecule has 1 saturated heterocycles. The van der Waals surface area contributed by atoms with E-state index >= 15 is 0 Å². The summed E-state index contributed by atoms with van der Waals surface area (Å²) in [5.74, 6) is 1.72. The molecular weight excluding hydrogens is 398 g/mol. The van der Waals surface area contributed by atoms with Crippen molar-refractivity contribution in [2.45, 2.75) is 56.8 Å². The second-order valence-electron chi connectivity index (χ2n) is 7.70. The number of aryl methyl sites for hydroxylation is 2. The van der Waals surface area contributed by atoms with Gasteiger partial charge < -0.3 is 14.4 Å². The standard InChI is InChI=1S/C18H25N5O5S/c1-11-16(12(2)27-21-11)29(25,26)23-9-6-13(7-10-23)17(24)19-8-5-15-20-18(28-22-15)14-3-4-14/h13-14H,3-10H2,1-2H3,(H,19,24). The Morgan fingerprint density at radius 2 is 1.86 bits per heavy atom. The van der Waals surface area contributed by atoms with Gasteiger partial charge in [0.15, 0.2) is 11.6 Å². The van der Waals surface area contributed by atoms with Gasteiger partial charge in [-0.3, -0.25) is 4.79 Å². The third-order valence-electron chi connectivity index (χ3n) is 5.45. The van der Waals surface area contributed by atoms with Crippen molar-refractivity contribution in [3.05, 3.63) is 23.2 Å². The predicted octanol–water partition coefficient (Wildman–Crippen LogP) is 1.31. The van der Waals surface area contributed by atoms with Crippen LogP contribution in [-0.2, 0) is 21.2 Å². The fourth-order valence-electron chi connectivity index (χ4n) is 3.64. The average molecular weight is 423 g/mol. The number of carbonyl (C=O) groups excluding carboxylic acids is 1. The first-order chi connectivity index (χ1) is 13.9. The molecule has 2 fully saturated rings. The number of nitrogens with zero attached hydrogens (tertiary/aromatic N) is 4. The Morgan fingerprint density at radius 1 is 1.14 bits per heavy atom. The number of hydrogen-bond acceptors (Lipinski definition) is 8. The van der Waals surface area contributed by atoms with Crippen molar-refractivity contribution in [1.29, 1.82) is 0 Å². The van der Waals surface area contributed by atoms with Gasteiger partial charge in [-0.15, -0.1) is 0 Å². The molecule has 10 nitrogen and oxygen atoms in total. The minimum atomic E-state index is -3.66. The Hall–Kier alpha value is -2.27. The summed E-state index contributed by atoms with van der Waals surface area (Å²) in [6, 6.07) is 0. The molecule has 0 spiro atoms. The van der Waals surface area contributed by atoms with Crippen LogP contribution >= 0.6 is 0 Å². The molecule has 158 valence electrons. The topological polar surface area (TPSA) is 131 Å². The van der Waals surface area contributed by atoms with Gasteiger partial charge in [0.25, 0.3) is 0 Å². The van der Waals surface area contributed by atoms with Crippen LogP contribution in [-0.4, -0.2) is 53.6 Å². The third-order valence-corrected chi connectivity index (χ3v) is 7.59.